The van der Waals surface area contributed by atoms with Gasteiger partial charge in [-0.1, -0.05) is 32.0 Å². The summed E-state index contributed by atoms with van der Waals surface area (Å²) in [6.45, 7) is 10.2. The Bertz CT molecular complexity index is 574. The summed E-state index contributed by atoms with van der Waals surface area (Å²) in [5.41, 5.74) is 0.934. The lowest BCUT2D eigenvalue weighted by molar-refractivity contribution is -0.132. The molecular weight excluding hydrogens is 326 g/mol. The molecule has 1 aliphatic heterocycles. The minimum Gasteiger partial charge on any atom is -0.341 e. The van der Waals surface area contributed by atoms with Gasteiger partial charge < -0.3 is 15.5 Å². The highest BCUT2D eigenvalue weighted by Gasteiger charge is 2.49. The van der Waals surface area contributed by atoms with Crippen LogP contribution >= 0.6 is 24.0 Å². The Morgan fingerprint density at radius 3 is 2.43 bits per heavy atom. The van der Waals surface area contributed by atoms with Crippen LogP contribution in [-0.2, 0) is 4.79 Å². The number of hydrogen-bond donors (Lipinski definition) is 2. The zero-order valence-corrected chi connectivity index (χ0v) is 15.9. The number of nitrogens with one attached hydrogen (secondary N) is 2. The predicted molar refractivity (Wildman–Crippen MR) is 102 cm³/mol. The van der Waals surface area contributed by atoms with Crippen molar-refractivity contribution >= 4 is 40.7 Å². The van der Waals surface area contributed by atoms with Crippen LogP contribution in [0, 0.1) is 5.92 Å². The zero-order valence-electron chi connectivity index (χ0n) is 14.3. The molecule has 126 valence electrons. The van der Waals surface area contributed by atoms with E-state index in [1.165, 1.54) is 0 Å². The topological polar surface area (TPSA) is 44.4 Å². The molecule has 2 N–H and O–H groups in total. The second-order valence-electron chi connectivity index (χ2n) is 6.65. The van der Waals surface area contributed by atoms with E-state index in [9.17, 15) is 4.79 Å². The summed E-state index contributed by atoms with van der Waals surface area (Å²) in [5, 5.41) is 7.21. The molecule has 2 unspecified atom stereocenters. The first kappa shape index (κ1) is 18.1. The van der Waals surface area contributed by atoms with Crippen molar-refractivity contribution in [1.29, 1.82) is 0 Å². The molecule has 0 saturated carbocycles. The van der Waals surface area contributed by atoms with Gasteiger partial charge in [-0.3, -0.25) is 4.79 Å². The SMILES string of the molecule is CC(=O)N1C(C(C)C)SC(C)(C)C1NC(=S)Nc1ccccc1. The standard InChI is InChI=1S/C17H25N3OS2/c1-11(2)14-20(12(3)21)15(17(4,5)23-14)19-16(22)18-13-9-7-6-8-10-13/h6-11,14-15H,1-5H3,(H2,18,19,22). The number of carbonyl (C=O) groups excluding carboxylic acids is 1. The lowest BCUT2D eigenvalue weighted by Crippen LogP contribution is -2.56. The summed E-state index contributed by atoms with van der Waals surface area (Å²) < 4.78 is -0.122. The molecule has 1 fully saturated rings. The number of amides is 1. The second kappa shape index (κ2) is 7.09. The van der Waals surface area contributed by atoms with Gasteiger partial charge >= 0.3 is 0 Å². The fourth-order valence-corrected chi connectivity index (χ4v) is 4.60. The van der Waals surface area contributed by atoms with E-state index in [0.29, 0.717) is 11.0 Å². The number of anilines is 1. The quantitative estimate of drug-likeness (QED) is 0.814. The van der Waals surface area contributed by atoms with Crippen LogP contribution in [0.5, 0.6) is 0 Å². The molecule has 0 aliphatic carbocycles. The third-order valence-electron chi connectivity index (χ3n) is 3.87. The van der Waals surface area contributed by atoms with Gasteiger partial charge in [-0.2, -0.15) is 0 Å². The summed E-state index contributed by atoms with van der Waals surface area (Å²) >= 11 is 7.27. The summed E-state index contributed by atoms with van der Waals surface area (Å²) in [6, 6.07) is 9.79. The highest BCUT2D eigenvalue weighted by molar-refractivity contribution is 8.01. The van der Waals surface area contributed by atoms with Crippen LogP contribution in [0.15, 0.2) is 30.3 Å². The molecule has 1 heterocycles. The Kier molecular flexibility index (Phi) is 5.57. The molecule has 6 heteroatoms. The molecule has 4 nitrogen and oxygen atoms in total. The zero-order chi connectivity index (χ0) is 17.2. The van der Waals surface area contributed by atoms with Gasteiger partial charge in [0.1, 0.15) is 6.17 Å². The average Bonchev–Trinajstić information content (AvgIpc) is 2.72. The Hall–Kier alpha value is -1.27. The molecule has 23 heavy (non-hydrogen) atoms. The van der Waals surface area contributed by atoms with E-state index in [0.717, 1.165) is 5.69 Å². The summed E-state index contributed by atoms with van der Waals surface area (Å²) in [5.74, 6) is 0.451. The monoisotopic (exact) mass is 351 g/mol. The van der Waals surface area contributed by atoms with Gasteiger partial charge in [0.2, 0.25) is 5.91 Å². The fourth-order valence-electron chi connectivity index (χ4n) is 2.79. The van der Waals surface area contributed by atoms with E-state index in [1.54, 1.807) is 6.92 Å². The van der Waals surface area contributed by atoms with Crippen LogP contribution in [0.1, 0.15) is 34.6 Å². The van der Waals surface area contributed by atoms with Crippen LogP contribution in [0.25, 0.3) is 0 Å². The van der Waals surface area contributed by atoms with Crippen molar-refractivity contribution in [3.05, 3.63) is 30.3 Å². The van der Waals surface area contributed by atoms with Gasteiger partial charge in [0.15, 0.2) is 5.11 Å². The van der Waals surface area contributed by atoms with Crippen molar-refractivity contribution in [3.63, 3.8) is 0 Å². The Labute approximate surface area is 148 Å². The third kappa shape index (κ3) is 4.18. The van der Waals surface area contributed by atoms with Gasteiger partial charge in [0, 0.05) is 12.6 Å². The minimum absolute atomic E-state index is 0.0711. The van der Waals surface area contributed by atoms with E-state index in [4.69, 9.17) is 12.2 Å². The van der Waals surface area contributed by atoms with Gasteiger partial charge in [0.25, 0.3) is 0 Å². The number of thiocarbonyl (C=S) groups is 1. The maximum absolute atomic E-state index is 12.2. The Morgan fingerprint density at radius 1 is 1.30 bits per heavy atom. The van der Waals surface area contributed by atoms with Crippen molar-refractivity contribution in [2.24, 2.45) is 5.92 Å². The number of carbonyl (C=O) groups is 1. The minimum atomic E-state index is -0.138. The van der Waals surface area contributed by atoms with Crippen molar-refractivity contribution in [3.8, 4) is 0 Å². The van der Waals surface area contributed by atoms with Crippen molar-refractivity contribution in [1.82, 2.24) is 10.2 Å². The number of benzene rings is 1. The predicted octanol–water partition coefficient (Wildman–Crippen LogP) is 3.66. The van der Waals surface area contributed by atoms with E-state index >= 15 is 0 Å². The van der Waals surface area contributed by atoms with Crippen LogP contribution in [0.3, 0.4) is 0 Å². The smallest absolute Gasteiger partial charge is 0.222 e. The van der Waals surface area contributed by atoms with Gasteiger partial charge in [0.05, 0.1) is 10.1 Å². The molecule has 0 bridgehead atoms. The van der Waals surface area contributed by atoms with Crippen molar-refractivity contribution < 1.29 is 4.79 Å². The van der Waals surface area contributed by atoms with Gasteiger partial charge in [-0.05, 0) is 44.1 Å². The van der Waals surface area contributed by atoms with Crippen LogP contribution in [0.2, 0.25) is 0 Å². The normalized spacial score (nSPS) is 23.0. The summed E-state index contributed by atoms with van der Waals surface area (Å²) in [4.78, 5) is 14.1. The molecule has 1 saturated heterocycles. The molecule has 1 aromatic rings. The maximum atomic E-state index is 12.2. The highest BCUT2D eigenvalue weighted by Crippen LogP contribution is 2.45. The molecule has 2 rings (SSSR count). The average molecular weight is 352 g/mol. The van der Waals surface area contributed by atoms with E-state index < -0.39 is 0 Å². The largest absolute Gasteiger partial charge is 0.341 e. The highest BCUT2D eigenvalue weighted by atomic mass is 32.2. The van der Waals surface area contributed by atoms with Gasteiger partial charge in [-0.15, -0.1) is 11.8 Å². The number of para-hydroxylation sites is 1. The maximum Gasteiger partial charge on any atom is 0.222 e. The first-order chi connectivity index (χ1) is 10.7. The first-order valence-electron chi connectivity index (χ1n) is 7.81. The number of hydrogen-bond acceptors (Lipinski definition) is 3. The van der Waals surface area contributed by atoms with Crippen molar-refractivity contribution in [2.45, 2.75) is 50.9 Å². The molecule has 0 spiro atoms. The third-order valence-corrected chi connectivity index (χ3v) is 5.93. The lowest BCUT2D eigenvalue weighted by Gasteiger charge is -2.34. The molecule has 1 aliphatic rings. The van der Waals surface area contributed by atoms with Crippen LogP contribution in [0.4, 0.5) is 5.69 Å². The molecule has 1 aromatic carbocycles. The number of thioether (sulfide) groups is 1. The van der Waals surface area contributed by atoms with E-state index in [-0.39, 0.29) is 22.2 Å². The lowest BCUT2D eigenvalue weighted by atomic mass is 10.1. The summed E-state index contributed by atoms with van der Waals surface area (Å²) in [7, 11) is 0. The van der Waals surface area contributed by atoms with E-state index in [1.807, 2.05) is 47.0 Å². The number of rotatable bonds is 3. The number of nitrogens with zero attached hydrogens (tertiary/aromatic N) is 1. The molecule has 0 aromatic heterocycles. The Morgan fingerprint density at radius 2 is 1.91 bits per heavy atom. The van der Waals surface area contributed by atoms with Crippen LogP contribution in [-0.4, -0.2) is 32.2 Å². The fraction of sp³-hybridized carbons (Fsp3) is 0.529. The molecule has 2 atom stereocenters. The molecule has 0 radical (unpaired) electrons. The van der Waals surface area contributed by atoms with E-state index in [2.05, 4.69) is 38.3 Å². The Balaban J connectivity index is 2.15. The summed E-state index contributed by atoms with van der Waals surface area (Å²) in [6.07, 6.45) is -0.138. The van der Waals surface area contributed by atoms with Crippen molar-refractivity contribution in [2.75, 3.05) is 5.32 Å². The van der Waals surface area contributed by atoms with Crippen LogP contribution < -0.4 is 10.6 Å². The molecule has 1 amide bonds. The van der Waals surface area contributed by atoms with Gasteiger partial charge in [-0.25, -0.2) is 0 Å². The second-order valence-corrected chi connectivity index (χ2v) is 8.83. The molecular formula is C17H25N3OS2. The first-order valence-corrected chi connectivity index (χ1v) is 9.10.